The van der Waals surface area contributed by atoms with Crippen molar-refractivity contribution in [1.29, 1.82) is 0 Å². The monoisotopic (exact) mass is 647 g/mol. The lowest BCUT2D eigenvalue weighted by molar-refractivity contribution is -0.137. The molecule has 45 heavy (non-hydrogen) atoms. The Bertz CT molecular complexity index is 1720. The molecule has 3 aromatic rings. The number of nitrogens with one attached hydrogen (secondary N) is 2. The first-order valence-electron chi connectivity index (χ1n) is 14.6. The number of anilines is 2. The second-order valence-corrected chi connectivity index (χ2v) is 11.3. The molecule has 1 fully saturated rings. The molecule has 2 aromatic heterocycles. The molecule has 1 aromatic carbocycles. The molecule has 0 aliphatic carbocycles. The quantitative estimate of drug-likeness (QED) is 0.336. The van der Waals surface area contributed by atoms with Crippen LogP contribution in [-0.4, -0.2) is 63.8 Å². The van der Waals surface area contributed by atoms with Gasteiger partial charge in [0, 0.05) is 19.6 Å². The Kier molecular flexibility index (Phi) is 9.63. The molecule has 2 aliphatic heterocycles. The van der Waals surface area contributed by atoms with Crippen LogP contribution in [0.25, 0.3) is 11.4 Å². The molecule has 2 amide bonds. The van der Waals surface area contributed by atoms with Gasteiger partial charge in [-0.1, -0.05) is 31.2 Å². The maximum Gasteiger partial charge on any atom is 0.416 e. The van der Waals surface area contributed by atoms with Crippen LogP contribution >= 0.6 is 11.6 Å². The van der Waals surface area contributed by atoms with Gasteiger partial charge < -0.3 is 24.8 Å². The molecule has 0 radical (unpaired) electrons. The van der Waals surface area contributed by atoms with Gasteiger partial charge in [-0.2, -0.15) is 22.7 Å². The summed E-state index contributed by atoms with van der Waals surface area (Å²) in [5.74, 6) is -0.287. The van der Waals surface area contributed by atoms with Crippen LogP contribution < -0.4 is 21.1 Å². The van der Waals surface area contributed by atoms with E-state index in [0.717, 1.165) is 36.6 Å². The van der Waals surface area contributed by atoms with Crippen molar-refractivity contribution in [3.63, 3.8) is 0 Å². The fourth-order valence-corrected chi connectivity index (χ4v) is 5.90. The Labute approximate surface area is 261 Å². The molecule has 2 aliphatic rings. The zero-order chi connectivity index (χ0) is 32.3. The van der Waals surface area contributed by atoms with Crippen LogP contribution in [0.5, 0.6) is 0 Å². The van der Waals surface area contributed by atoms with Crippen LogP contribution in [0.4, 0.5) is 24.5 Å². The van der Waals surface area contributed by atoms with E-state index in [0.29, 0.717) is 62.9 Å². The molecule has 0 bridgehead atoms. The standard InChI is InChI=1S/C30H33ClF3N7O4/c1-3-23-26(39-11-5-6-18(16-39)15-35-24(42)4-2)28(44)41-29(37-27(38-41)19-9-12-45-13-10-19)40(23)17-25(43)36-22-8-7-20(14-21(22)31)30(32,33)34/h4,7-9,14,18H,2-3,5-6,10-13,15-17H2,1H3,(H,35,42)(H,36,43). The first kappa shape index (κ1) is 32.2. The molecule has 0 spiro atoms. The molecule has 4 heterocycles. The number of benzene rings is 1. The Hall–Kier alpha value is -4.17. The number of amides is 2. The number of rotatable bonds is 9. The molecule has 1 atom stereocenters. The van der Waals surface area contributed by atoms with E-state index in [-0.39, 0.29) is 40.4 Å². The van der Waals surface area contributed by atoms with E-state index < -0.39 is 17.6 Å². The number of nitrogens with zero attached hydrogens (tertiary/aromatic N) is 5. The molecular formula is C30H33ClF3N7O4. The Balaban J connectivity index is 1.54. The Morgan fingerprint density at radius 1 is 1.29 bits per heavy atom. The molecule has 240 valence electrons. The normalized spacial score (nSPS) is 17.2. The minimum atomic E-state index is -4.59. The van der Waals surface area contributed by atoms with Crippen LogP contribution in [0.1, 0.15) is 43.3 Å². The highest BCUT2D eigenvalue weighted by Crippen LogP contribution is 2.34. The Morgan fingerprint density at radius 2 is 2.09 bits per heavy atom. The topological polar surface area (TPSA) is 123 Å². The summed E-state index contributed by atoms with van der Waals surface area (Å²) in [7, 11) is 0. The van der Waals surface area contributed by atoms with Gasteiger partial charge in [-0.25, -0.2) is 0 Å². The van der Waals surface area contributed by atoms with Crippen molar-refractivity contribution in [3.8, 4) is 0 Å². The largest absolute Gasteiger partial charge is 0.416 e. The van der Waals surface area contributed by atoms with Crippen molar-refractivity contribution in [2.75, 3.05) is 43.1 Å². The predicted molar refractivity (Wildman–Crippen MR) is 163 cm³/mol. The van der Waals surface area contributed by atoms with Gasteiger partial charge in [0.05, 0.1) is 35.2 Å². The summed E-state index contributed by atoms with van der Waals surface area (Å²) in [6, 6.07) is 2.69. The van der Waals surface area contributed by atoms with Gasteiger partial charge in [-0.3, -0.25) is 14.4 Å². The van der Waals surface area contributed by atoms with E-state index in [1.165, 1.54) is 10.6 Å². The second-order valence-electron chi connectivity index (χ2n) is 10.9. The summed E-state index contributed by atoms with van der Waals surface area (Å²) in [5, 5.41) is 9.70. The molecule has 2 N–H and O–H groups in total. The predicted octanol–water partition coefficient (Wildman–Crippen LogP) is 4.09. The smallest absolute Gasteiger partial charge is 0.377 e. The third-order valence-corrected chi connectivity index (χ3v) is 8.18. The molecule has 0 saturated carbocycles. The fraction of sp³-hybridized carbons (Fsp3) is 0.433. The number of fused-ring (bicyclic) bond motifs is 1. The molecule has 1 unspecified atom stereocenters. The van der Waals surface area contributed by atoms with Crippen LogP contribution in [0.15, 0.2) is 41.7 Å². The highest BCUT2D eigenvalue weighted by molar-refractivity contribution is 6.33. The minimum Gasteiger partial charge on any atom is -0.377 e. The summed E-state index contributed by atoms with van der Waals surface area (Å²) < 4.78 is 47.6. The van der Waals surface area contributed by atoms with Gasteiger partial charge in [0.1, 0.15) is 12.2 Å². The van der Waals surface area contributed by atoms with Crippen LogP contribution in [-0.2, 0) is 33.5 Å². The van der Waals surface area contributed by atoms with Crippen LogP contribution in [0, 0.1) is 5.92 Å². The zero-order valence-electron chi connectivity index (χ0n) is 24.6. The first-order valence-corrected chi connectivity index (χ1v) is 15.0. The SMILES string of the molecule is C=CC(=O)NCC1CCCN(c2c(CC)n(CC(=O)Nc3ccc(C(F)(F)F)cc3Cl)c3nc(C4=CCOCC4)nn3c2=O)C1. The molecule has 11 nitrogen and oxygen atoms in total. The van der Waals surface area contributed by atoms with Crippen molar-refractivity contribution >= 4 is 46.1 Å². The van der Waals surface area contributed by atoms with Gasteiger partial charge in [0.2, 0.25) is 17.6 Å². The van der Waals surface area contributed by atoms with Gasteiger partial charge in [0.25, 0.3) is 5.56 Å². The lowest BCUT2D eigenvalue weighted by Crippen LogP contribution is -2.44. The first-order chi connectivity index (χ1) is 21.5. The average molecular weight is 648 g/mol. The van der Waals surface area contributed by atoms with Crippen molar-refractivity contribution in [2.24, 2.45) is 5.92 Å². The number of alkyl halides is 3. The van der Waals surface area contributed by atoms with E-state index in [1.54, 1.807) is 4.57 Å². The van der Waals surface area contributed by atoms with Crippen molar-refractivity contribution in [3.05, 3.63) is 69.4 Å². The van der Waals surface area contributed by atoms with Gasteiger partial charge >= 0.3 is 6.18 Å². The number of carbonyl (C=O) groups is 2. The minimum absolute atomic E-state index is 0.0139. The number of hydrogen-bond acceptors (Lipinski definition) is 7. The van der Waals surface area contributed by atoms with Crippen molar-refractivity contribution in [1.82, 2.24) is 24.5 Å². The van der Waals surface area contributed by atoms with Crippen molar-refractivity contribution < 1.29 is 27.5 Å². The number of ether oxygens (including phenoxy) is 1. The number of piperidine rings is 1. The third kappa shape index (κ3) is 7.06. The van der Waals surface area contributed by atoms with E-state index in [2.05, 4.69) is 27.3 Å². The highest BCUT2D eigenvalue weighted by Gasteiger charge is 2.32. The highest BCUT2D eigenvalue weighted by atomic mass is 35.5. The maximum absolute atomic E-state index is 14.1. The number of hydrogen-bond donors (Lipinski definition) is 2. The number of aromatic nitrogens is 4. The van der Waals surface area contributed by atoms with E-state index in [4.69, 9.17) is 16.3 Å². The number of carbonyl (C=O) groups excluding carboxylic acids is 2. The third-order valence-electron chi connectivity index (χ3n) is 7.87. The summed E-state index contributed by atoms with van der Waals surface area (Å²) >= 11 is 6.10. The molecule has 1 saturated heterocycles. The molecule has 5 rings (SSSR count). The van der Waals surface area contributed by atoms with E-state index in [9.17, 15) is 27.6 Å². The van der Waals surface area contributed by atoms with Gasteiger partial charge in [-0.05, 0) is 61.4 Å². The fourth-order valence-electron chi connectivity index (χ4n) is 5.67. The average Bonchev–Trinajstić information content (AvgIpc) is 3.48. The Morgan fingerprint density at radius 3 is 2.76 bits per heavy atom. The lowest BCUT2D eigenvalue weighted by Gasteiger charge is -2.35. The van der Waals surface area contributed by atoms with E-state index >= 15 is 0 Å². The number of halogens is 4. The zero-order valence-corrected chi connectivity index (χ0v) is 25.4. The molecular weight excluding hydrogens is 615 g/mol. The second kappa shape index (κ2) is 13.4. The summed E-state index contributed by atoms with van der Waals surface area (Å²) in [6.45, 7) is 7.38. The summed E-state index contributed by atoms with van der Waals surface area (Å²) in [6.07, 6.45) is 1.01. The summed E-state index contributed by atoms with van der Waals surface area (Å²) in [5.41, 5.74) is 0.436. The lowest BCUT2D eigenvalue weighted by atomic mass is 9.97. The summed E-state index contributed by atoms with van der Waals surface area (Å²) in [4.78, 5) is 45.9. The van der Waals surface area contributed by atoms with Crippen LogP contribution in [0.2, 0.25) is 5.02 Å². The maximum atomic E-state index is 14.1. The van der Waals surface area contributed by atoms with Gasteiger partial charge in [0.15, 0.2) is 5.82 Å². The van der Waals surface area contributed by atoms with E-state index in [1.807, 2.05) is 17.9 Å². The van der Waals surface area contributed by atoms with Crippen molar-refractivity contribution in [2.45, 2.75) is 45.3 Å². The molecule has 15 heteroatoms. The van der Waals surface area contributed by atoms with Crippen LogP contribution in [0.3, 0.4) is 0 Å². The van der Waals surface area contributed by atoms with Gasteiger partial charge in [-0.15, -0.1) is 5.10 Å².